The van der Waals surface area contributed by atoms with Crippen molar-refractivity contribution in [3.8, 4) is 0 Å². The SMILES string of the molecule is C[C@H](Cc1cccs1)NC(=O)[C@@H]1COCCN1C1CCCC1. The van der Waals surface area contributed by atoms with Gasteiger partial charge in [-0.05, 0) is 31.2 Å². The van der Waals surface area contributed by atoms with Crippen molar-refractivity contribution < 1.29 is 9.53 Å². The summed E-state index contributed by atoms with van der Waals surface area (Å²) in [5.74, 6) is 0.135. The zero-order valence-corrected chi connectivity index (χ0v) is 14.1. The van der Waals surface area contributed by atoms with Gasteiger partial charge in [-0.15, -0.1) is 11.3 Å². The number of hydrogen-bond donors (Lipinski definition) is 1. The van der Waals surface area contributed by atoms with Gasteiger partial charge in [-0.1, -0.05) is 18.9 Å². The van der Waals surface area contributed by atoms with Gasteiger partial charge in [0.15, 0.2) is 0 Å². The Hall–Kier alpha value is -0.910. The molecule has 1 aromatic heterocycles. The van der Waals surface area contributed by atoms with Crippen molar-refractivity contribution in [1.29, 1.82) is 0 Å². The van der Waals surface area contributed by atoms with Crippen LogP contribution in [0.4, 0.5) is 0 Å². The monoisotopic (exact) mass is 322 g/mol. The lowest BCUT2D eigenvalue weighted by Crippen LogP contribution is -2.57. The summed E-state index contributed by atoms with van der Waals surface area (Å²) in [6.45, 7) is 4.27. The van der Waals surface area contributed by atoms with E-state index in [9.17, 15) is 4.79 Å². The van der Waals surface area contributed by atoms with Gasteiger partial charge in [0.05, 0.1) is 13.2 Å². The Balaban J connectivity index is 1.56. The van der Waals surface area contributed by atoms with Crippen LogP contribution in [-0.4, -0.2) is 48.7 Å². The van der Waals surface area contributed by atoms with Crippen LogP contribution in [0.25, 0.3) is 0 Å². The smallest absolute Gasteiger partial charge is 0.239 e. The summed E-state index contributed by atoms with van der Waals surface area (Å²) in [6.07, 6.45) is 5.96. The quantitative estimate of drug-likeness (QED) is 0.905. The molecule has 2 aliphatic rings. The second-order valence-corrected chi connectivity index (χ2v) is 7.49. The summed E-state index contributed by atoms with van der Waals surface area (Å²) >= 11 is 1.75. The van der Waals surface area contributed by atoms with Crippen molar-refractivity contribution in [2.45, 2.75) is 57.2 Å². The Kier molecular flexibility index (Phi) is 5.50. The number of thiophene rings is 1. The van der Waals surface area contributed by atoms with E-state index in [1.807, 2.05) is 0 Å². The van der Waals surface area contributed by atoms with Crippen LogP contribution >= 0.6 is 11.3 Å². The molecule has 0 spiro atoms. The highest BCUT2D eigenvalue weighted by atomic mass is 32.1. The number of nitrogens with zero attached hydrogens (tertiary/aromatic N) is 1. The molecule has 1 aliphatic carbocycles. The molecule has 0 unspecified atom stereocenters. The van der Waals surface area contributed by atoms with Crippen LogP contribution in [0, 0.1) is 0 Å². The highest BCUT2D eigenvalue weighted by molar-refractivity contribution is 7.09. The van der Waals surface area contributed by atoms with Crippen molar-refractivity contribution in [1.82, 2.24) is 10.2 Å². The first-order valence-electron chi connectivity index (χ1n) is 8.40. The molecule has 22 heavy (non-hydrogen) atoms. The molecule has 4 nitrogen and oxygen atoms in total. The number of ether oxygens (including phenoxy) is 1. The maximum atomic E-state index is 12.7. The summed E-state index contributed by atoms with van der Waals surface area (Å²) in [5, 5.41) is 5.27. The predicted octanol–water partition coefficient (Wildman–Crippen LogP) is 2.44. The van der Waals surface area contributed by atoms with Gasteiger partial charge in [-0.3, -0.25) is 9.69 Å². The molecule has 2 atom stereocenters. The first-order chi connectivity index (χ1) is 10.7. The van der Waals surface area contributed by atoms with Crippen molar-refractivity contribution in [2.75, 3.05) is 19.8 Å². The Morgan fingerprint density at radius 3 is 3.05 bits per heavy atom. The molecule has 3 rings (SSSR count). The normalized spacial score (nSPS) is 25.2. The first kappa shape index (κ1) is 16.0. The zero-order chi connectivity index (χ0) is 15.4. The lowest BCUT2D eigenvalue weighted by atomic mass is 10.1. The Labute approximate surface area is 136 Å². The molecule has 5 heteroatoms. The summed E-state index contributed by atoms with van der Waals surface area (Å²) in [6, 6.07) is 4.82. The van der Waals surface area contributed by atoms with Gasteiger partial charge in [-0.2, -0.15) is 0 Å². The van der Waals surface area contributed by atoms with E-state index in [4.69, 9.17) is 4.74 Å². The number of morpholine rings is 1. The van der Waals surface area contributed by atoms with E-state index in [-0.39, 0.29) is 18.0 Å². The maximum Gasteiger partial charge on any atom is 0.239 e. The third-order valence-corrected chi connectivity index (χ3v) is 5.64. The van der Waals surface area contributed by atoms with E-state index in [0.717, 1.165) is 19.6 Å². The molecule has 0 aromatic carbocycles. The van der Waals surface area contributed by atoms with Gasteiger partial charge in [0.25, 0.3) is 0 Å². The fourth-order valence-electron chi connectivity index (χ4n) is 3.64. The summed E-state index contributed by atoms with van der Waals surface area (Å²) < 4.78 is 5.58. The molecule has 0 radical (unpaired) electrons. The van der Waals surface area contributed by atoms with Crippen molar-refractivity contribution in [2.24, 2.45) is 0 Å². The molecule has 122 valence electrons. The molecule has 0 bridgehead atoms. The van der Waals surface area contributed by atoms with E-state index < -0.39 is 0 Å². The van der Waals surface area contributed by atoms with Crippen LogP contribution in [0.1, 0.15) is 37.5 Å². The van der Waals surface area contributed by atoms with Crippen molar-refractivity contribution in [3.05, 3.63) is 22.4 Å². The lowest BCUT2D eigenvalue weighted by molar-refractivity contribution is -0.135. The van der Waals surface area contributed by atoms with E-state index in [1.165, 1.54) is 30.6 Å². The second kappa shape index (κ2) is 7.57. The van der Waals surface area contributed by atoms with Crippen molar-refractivity contribution >= 4 is 17.2 Å². The second-order valence-electron chi connectivity index (χ2n) is 6.46. The molecule has 1 aromatic rings. The van der Waals surface area contributed by atoms with Crippen LogP contribution in [-0.2, 0) is 16.0 Å². The molecule has 1 amide bonds. The third-order valence-electron chi connectivity index (χ3n) is 4.74. The highest BCUT2D eigenvalue weighted by Gasteiger charge is 2.35. The average molecular weight is 322 g/mol. The van der Waals surface area contributed by atoms with Gasteiger partial charge in [0, 0.05) is 29.9 Å². The molecule has 2 heterocycles. The van der Waals surface area contributed by atoms with Crippen molar-refractivity contribution in [3.63, 3.8) is 0 Å². The van der Waals surface area contributed by atoms with Gasteiger partial charge in [-0.25, -0.2) is 0 Å². The molecule has 1 saturated carbocycles. The summed E-state index contributed by atoms with van der Waals surface area (Å²) in [4.78, 5) is 16.4. The van der Waals surface area contributed by atoms with E-state index in [1.54, 1.807) is 11.3 Å². The number of hydrogen-bond acceptors (Lipinski definition) is 4. The molecular weight excluding hydrogens is 296 g/mol. The Morgan fingerprint density at radius 2 is 2.32 bits per heavy atom. The minimum atomic E-state index is -0.109. The van der Waals surface area contributed by atoms with Gasteiger partial charge < -0.3 is 10.1 Å². The number of carbonyl (C=O) groups is 1. The van der Waals surface area contributed by atoms with Gasteiger partial charge in [0.1, 0.15) is 6.04 Å². The lowest BCUT2D eigenvalue weighted by Gasteiger charge is -2.39. The standard InChI is InChI=1S/C17H26N2O2S/c1-13(11-15-7-4-10-22-15)18-17(20)16-12-21-9-8-19(16)14-5-2-3-6-14/h4,7,10,13-14,16H,2-3,5-6,8-9,11-12H2,1H3,(H,18,20)/t13-,16+/m1/s1. The van der Waals surface area contributed by atoms with Gasteiger partial charge in [0.2, 0.25) is 5.91 Å². The number of rotatable bonds is 5. The zero-order valence-electron chi connectivity index (χ0n) is 13.3. The van der Waals surface area contributed by atoms with Gasteiger partial charge >= 0.3 is 0 Å². The molecule has 2 fully saturated rings. The Bertz CT molecular complexity index is 471. The molecular formula is C17H26N2O2S. The number of amides is 1. The van der Waals surface area contributed by atoms with Crippen LogP contribution in [0.5, 0.6) is 0 Å². The summed E-state index contributed by atoms with van der Waals surface area (Å²) in [7, 11) is 0. The highest BCUT2D eigenvalue weighted by Crippen LogP contribution is 2.26. The minimum absolute atomic E-state index is 0.109. The van der Waals surface area contributed by atoms with E-state index in [2.05, 4.69) is 34.7 Å². The first-order valence-corrected chi connectivity index (χ1v) is 9.28. The van der Waals surface area contributed by atoms with E-state index in [0.29, 0.717) is 12.6 Å². The van der Waals surface area contributed by atoms with Crippen LogP contribution < -0.4 is 5.32 Å². The fraction of sp³-hybridized carbons (Fsp3) is 0.706. The largest absolute Gasteiger partial charge is 0.378 e. The van der Waals surface area contributed by atoms with E-state index >= 15 is 0 Å². The maximum absolute atomic E-state index is 12.7. The average Bonchev–Trinajstić information content (AvgIpc) is 3.20. The molecule has 1 N–H and O–H groups in total. The number of carbonyl (C=O) groups excluding carboxylic acids is 1. The Morgan fingerprint density at radius 1 is 1.50 bits per heavy atom. The number of nitrogens with one attached hydrogen (secondary N) is 1. The molecule has 1 saturated heterocycles. The molecule has 1 aliphatic heterocycles. The topological polar surface area (TPSA) is 41.6 Å². The van der Waals surface area contributed by atoms with Crippen LogP contribution in [0.2, 0.25) is 0 Å². The third kappa shape index (κ3) is 3.89. The van der Waals surface area contributed by atoms with Crippen LogP contribution in [0.3, 0.4) is 0 Å². The predicted molar refractivity (Wildman–Crippen MR) is 89.2 cm³/mol. The minimum Gasteiger partial charge on any atom is -0.378 e. The fourth-order valence-corrected chi connectivity index (χ4v) is 4.47. The summed E-state index contributed by atoms with van der Waals surface area (Å²) in [5.41, 5.74) is 0. The van der Waals surface area contributed by atoms with Crippen LogP contribution in [0.15, 0.2) is 17.5 Å².